The fourth-order valence-corrected chi connectivity index (χ4v) is 3.72. The summed E-state index contributed by atoms with van der Waals surface area (Å²) in [6, 6.07) is 12.7. The van der Waals surface area contributed by atoms with Crippen LogP contribution in [0.4, 0.5) is 5.69 Å². The highest BCUT2D eigenvalue weighted by molar-refractivity contribution is 9.10. The third-order valence-corrected chi connectivity index (χ3v) is 5.50. The Labute approximate surface area is 179 Å². The van der Waals surface area contributed by atoms with E-state index in [0.717, 1.165) is 34.6 Å². The van der Waals surface area contributed by atoms with Crippen LogP contribution in [-0.2, 0) is 11.3 Å². The van der Waals surface area contributed by atoms with Crippen molar-refractivity contribution in [1.29, 1.82) is 0 Å². The number of nitrogens with one attached hydrogen (secondary N) is 1. The van der Waals surface area contributed by atoms with Gasteiger partial charge in [-0.05, 0) is 49.0 Å². The lowest BCUT2D eigenvalue weighted by atomic mass is 10.1. The number of carbonyl (C=O) groups excluding carboxylic acids is 3. The number of amides is 3. The van der Waals surface area contributed by atoms with Gasteiger partial charge in [-0.1, -0.05) is 41.9 Å². The molecule has 0 saturated heterocycles. The first kappa shape index (κ1) is 21.2. The van der Waals surface area contributed by atoms with E-state index in [4.69, 9.17) is 0 Å². The highest BCUT2D eigenvalue weighted by Gasteiger charge is 2.35. The number of nitrogens with zero attached hydrogens (tertiary/aromatic N) is 2. The summed E-state index contributed by atoms with van der Waals surface area (Å²) in [5, 5.41) is 2.86. The first-order chi connectivity index (χ1) is 13.9. The second kappa shape index (κ2) is 9.33. The number of fused-ring (bicyclic) bond motifs is 1. The third-order valence-electron chi connectivity index (χ3n) is 5.01. The lowest BCUT2D eigenvalue weighted by Crippen LogP contribution is -2.32. The average Bonchev–Trinajstić information content (AvgIpc) is 2.94. The molecular formula is C22H24BrN3O3. The molecule has 0 bridgehead atoms. The monoisotopic (exact) mass is 457 g/mol. The Kier molecular flexibility index (Phi) is 6.82. The molecule has 0 atom stereocenters. The summed E-state index contributed by atoms with van der Waals surface area (Å²) in [4.78, 5) is 40.7. The van der Waals surface area contributed by atoms with Gasteiger partial charge in [0, 0.05) is 29.7 Å². The molecule has 7 heteroatoms. The fraction of sp³-hybridized carbons (Fsp3) is 0.318. The van der Waals surface area contributed by atoms with Gasteiger partial charge < -0.3 is 5.32 Å². The van der Waals surface area contributed by atoms with Crippen LogP contribution in [0, 0.1) is 0 Å². The molecule has 2 aromatic rings. The summed E-state index contributed by atoms with van der Waals surface area (Å²) < 4.78 is 0.738. The van der Waals surface area contributed by atoms with E-state index in [9.17, 15) is 14.4 Å². The van der Waals surface area contributed by atoms with E-state index in [1.165, 1.54) is 0 Å². The van der Waals surface area contributed by atoms with E-state index in [1.807, 2.05) is 24.3 Å². The van der Waals surface area contributed by atoms with Crippen molar-refractivity contribution in [3.8, 4) is 0 Å². The predicted molar refractivity (Wildman–Crippen MR) is 116 cm³/mol. The van der Waals surface area contributed by atoms with Gasteiger partial charge in [-0.3, -0.25) is 24.2 Å². The SMILES string of the molecule is CCN(CC)Cc1cccc(NC(=O)CCN2C(=O)c3ccc(Br)cc3C2=O)c1. The second-order valence-corrected chi connectivity index (χ2v) is 7.83. The zero-order chi connectivity index (χ0) is 21.0. The summed E-state index contributed by atoms with van der Waals surface area (Å²) in [7, 11) is 0. The van der Waals surface area contributed by atoms with Gasteiger partial charge in [0.05, 0.1) is 11.1 Å². The van der Waals surface area contributed by atoms with Crippen molar-refractivity contribution >= 4 is 39.3 Å². The highest BCUT2D eigenvalue weighted by Crippen LogP contribution is 2.26. The van der Waals surface area contributed by atoms with Crippen molar-refractivity contribution in [2.24, 2.45) is 0 Å². The molecule has 1 N–H and O–H groups in total. The van der Waals surface area contributed by atoms with E-state index in [0.29, 0.717) is 16.8 Å². The highest BCUT2D eigenvalue weighted by atomic mass is 79.9. The van der Waals surface area contributed by atoms with Gasteiger partial charge in [0.15, 0.2) is 0 Å². The molecule has 0 radical (unpaired) electrons. The summed E-state index contributed by atoms with van der Waals surface area (Å²) >= 11 is 3.31. The molecule has 3 amide bonds. The number of rotatable bonds is 8. The topological polar surface area (TPSA) is 69.7 Å². The molecule has 1 aliphatic rings. The standard InChI is InChI=1S/C22H24BrN3O3/c1-3-25(4-2)14-15-6-5-7-17(12-15)24-20(27)10-11-26-21(28)18-9-8-16(23)13-19(18)22(26)29/h5-9,12-13H,3-4,10-11,14H2,1-2H3,(H,24,27). The Hall–Kier alpha value is -2.51. The molecule has 0 unspecified atom stereocenters. The van der Waals surface area contributed by atoms with Crippen LogP contribution in [-0.4, -0.2) is 47.2 Å². The molecule has 0 spiro atoms. The maximum Gasteiger partial charge on any atom is 0.261 e. The van der Waals surface area contributed by atoms with Crippen LogP contribution in [0.5, 0.6) is 0 Å². The number of imide groups is 1. The third kappa shape index (κ3) is 4.92. The minimum Gasteiger partial charge on any atom is -0.326 e. The van der Waals surface area contributed by atoms with Gasteiger partial charge in [-0.25, -0.2) is 0 Å². The van der Waals surface area contributed by atoms with Gasteiger partial charge >= 0.3 is 0 Å². The number of hydrogen-bond acceptors (Lipinski definition) is 4. The normalized spacial score (nSPS) is 13.2. The molecule has 1 aliphatic heterocycles. The van der Waals surface area contributed by atoms with Crippen molar-refractivity contribution in [2.45, 2.75) is 26.8 Å². The Morgan fingerprint density at radius 2 is 1.76 bits per heavy atom. The minimum atomic E-state index is -0.361. The van der Waals surface area contributed by atoms with Crippen molar-refractivity contribution in [3.63, 3.8) is 0 Å². The van der Waals surface area contributed by atoms with Crippen LogP contribution in [0.25, 0.3) is 0 Å². The van der Waals surface area contributed by atoms with Crippen LogP contribution in [0.1, 0.15) is 46.5 Å². The summed E-state index contributed by atoms with van der Waals surface area (Å²) in [5.41, 5.74) is 2.58. The smallest absolute Gasteiger partial charge is 0.261 e. The van der Waals surface area contributed by atoms with Crippen LogP contribution in [0.3, 0.4) is 0 Å². The number of benzene rings is 2. The maximum absolute atomic E-state index is 12.5. The molecule has 3 rings (SSSR count). The Morgan fingerprint density at radius 1 is 1.03 bits per heavy atom. The molecular weight excluding hydrogens is 434 g/mol. The first-order valence-corrected chi connectivity index (χ1v) is 10.5. The van der Waals surface area contributed by atoms with Gasteiger partial charge in [0.1, 0.15) is 0 Å². The molecule has 0 aromatic heterocycles. The van der Waals surface area contributed by atoms with Crippen LogP contribution in [0.15, 0.2) is 46.9 Å². The van der Waals surface area contributed by atoms with E-state index < -0.39 is 0 Å². The quantitative estimate of drug-likeness (QED) is 0.609. The molecule has 1 heterocycles. The zero-order valence-corrected chi connectivity index (χ0v) is 18.2. The molecule has 0 aliphatic carbocycles. The lowest BCUT2D eigenvalue weighted by Gasteiger charge is -2.18. The Morgan fingerprint density at radius 3 is 2.48 bits per heavy atom. The van der Waals surface area contributed by atoms with Crippen LogP contribution in [0.2, 0.25) is 0 Å². The number of carbonyl (C=O) groups is 3. The van der Waals surface area contributed by atoms with E-state index in [-0.39, 0.29) is 30.7 Å². The zero-order valence-electron chi connectivity index (χ0n) is 16.6. The predicted octanol–water partition coefficient (Wildman–Crippen LogP) is 3.92. The molecule has 6 nitrogen and oxygen atoms in total. The van der Waals surface area contributed by atoms with Crippen molar-refractivity contribution < 1.29 is 14.4 Å². The van der Waals surface area contributed by atoms with Crippen molar-refractivity contribution in [2.75, 3.05) is 25.0 Å². The lowest BCUT2D eigenvalue weighted by molar-refractivity contribution is -0.116. The summed E-state index contributed by atoms with van der Waals surface area (Å²) in [5.74, 6) is -0.949. The maximum atomic E-state index is 12.5. The first-order valence-electron chi connectivity index (χ1n) is 9.69. The van der Waals surface area contributed by atoms with E-state index in [1.54, 1.807) is 18.2 Å². The number of halogens is 1. The Bertz CT molecular complexity index is 941. The van der Waals surface area contributed by atoms with Gasteiger partial charge in [-0.2, -0.15) is 0 Å². The Balaban J connectivity index is 1.58. The number of hydrogen-bond donors (Lipinski definition) is 1. The van der Waals surface area contributed by atoms with Crippen molar-refractivity contribution in [1.82, 2.24) is 9.80 Å². The van der Waals surface area contributed by atoms with Crippen LogP contribution >= 0.6 is 15.9 Å². The van der Waals surface area contributed by atoms with Crippen LogP contribution < -0.4 is 5.32 Å². The largest absolute Gasteiger partial charge is 0.326 e. The molecule has 2 aromatic carbocycles. The minimum absolute atomic E-state index is 0.0485. The molecule has 0 saturated carbocycles. The van der Waals surface area contributed by atoms with E-state index in [2.05, 4.69) is 40.0 Å². The second-order valence-electron chi connectivity index (χ2n) is 6.91. The molecule has 29 heavy (non-hydrogen) atoms. The van der Waals surface area contributed by atoms with Gasteiger partial charge in [-0.15, -0.1) is 0 Å². The van der Waals surface area contributed by atoms with Gasteiger partial charge in [0.2, 0.25) is 5.91 Å². The average molecular weight is 458 g/mol. The summed E-state index contributed by atoms with van der Waals surface area (Å²) in [6.07, 6.45) is 0.0485. The van der Waals surface area contributed by atoms with E-state index >= 15 is 0 Å². The number of anilines is 1. The fourth-order valence-electron chi connectivity index (χ4n) is 3.36. The van der Waals surface area contributed by atoms with Gasteiger partial charge in [0.25, 0.3) is 11.8 Å². The van der Waals surface area contributed by atoms with Crippen molar-refractivity contribution in [3.05, 3.63) is 63.6 Å². The summed E-state index contributed by atoms with van der Waals surface area (Å²) in [6.45, 7) is 7.03. The molecule has 152 valence electrons. The molecule has 0 fully saturated rings.